The summed E-state index contributed by atoms with van der Waals surface area (Å²) in [4.78, 5) is 34.5. The molecular formula is C11H17N3O5S. The van der Waals surface area contributed by atoms with Crippen molar-refractivity contribution in [2.45, 2.75) is 24.9 Å². The van der Waals surface area contributed by atoms with Gasteiger partial charge in [-0.1, -0.05) is 12.2 Å². The van der Waals surface area contributed by atoms with Crippen LogP contribution in [0.1, 0.15) is 12.8 Å². The molecule has 2 atom stereocenters. The molecule has 0 unspecified atom stereocenters. The predicted octanol–water partition coefficient (Wildman–Crippen LogP) is -1.57. The Balaban J connectivity index is 2.58. The Morgan fingerprint density at radius 3 is 2.70 bits per heavy atom. The second-order valence-electron chi connectivity index (χ2n) is 4.58. The average molecular weight is 303 g/mol. The van der Waals surface area contributed by atoms with Crippen molar-refractivity contribution in [2.24, 2.45) is 5.73 Å². The number of carbonyl (C=O) groups excluding carboxylic acids is 1. The maximum atomic E-state index is 11.4. The van der Waals surface area contributed by atoms with Gasteiger partial charge in [-0.15, -0.1) is 0 Å². The van der Waals surface area contributed by atoms with Crippen molar-refractivity contribution >= 4 is 34.9 Å². The quantitative estimate of drug-likeness (QED) is 0.429. The van der Waals surface area contributed by atoms with E-state index < -0.39 is 24.0 Å². The van der Waals surface area contributed by atoms with E-state index in [1.165, 1.54) is 4.90 Å². The zero-order valence-electron chi connectivity index (χ0n) is 10.7. The van der Waals surface area contributed by atoms with Gasteiger partial charge in [-0.3, -0.25) is 19.3 Å². The molecule has 112 valence electrons. The number of Topliss-reactive ketones (excluding diaryl/α,β-unsaturated/α-hetero) is 1. The highest BCUT2D eigenvalue weighted by molar-refractivity contribution is 7.80. The second-order valence-corrected chi connectivity index (χ2v) is 5.02. The van der Waals surface area contributed by atoms with Gasteiger partial charge in [0.1, 0.15) is 18.4 Å². The molecule has 1 rings (SSSR count). The lowest BCUT2D eigenvalue weighted by Gasteiger charge is -2.33. The molecule has 1 aliphatic heterocycles. The summed E-state index contributed by atoms with van der Waals surface area (Å²) in [5.74, 6) is -2.12. The van der Waals surface area contributed by atoms with Crippen molar-refractivity contribution in [1.82, 2.24) is 10.2 Å². The van der Waals surface area contributed by atoms with E-state index in [2.05, 4.69) is 5.32 Å². The van der Waals surface area contributed by atoms with E-state index >= 15 is 0 Å². The third-order valence-electron chi connectivity index (χ3n) is 2.98. The molecule has 0 aromatic heterocycles. The first-order valence-electron chi connectivity index (χ1n) is 6.05. The maximum absolute atomic E-state index is 11.4. The minimum atomic E-state index is -1.07. The summed E-state index contributed by atoms with van der Waals surface area (Å²) >= 11 is 4.94. The van der Waals surface area contributed by atoms with E-state index in [0.29, 0.717) is 0 Å². The summed E-state index contributed by atoms with van der Waals surface area (Å²) in [6.45, 7) is -0.242. The van der Waals surface area contributed by atoms with Crippen LogP contribution in [0.25, 0.3) is 0 Å². The Kier molecular flexibility index (Phi) is 5.99. The first-order chi connectivity index (χ1) is 9.31. The number of likely N-dealkylation sites (tertiary alicyclic amines) is 1. The van der Waals surface area contributed by atoms with Crippen molar-refractivity contribution in [3.05, 3.63) is 0 Å². The minimum Gasteiger partial charge on any atom is -0.480 e. The standard InChI is InChI=1S/C11H17N3O5S/c12-7(10(20)13-3-9(16)17)5-14-4-6(15)1-2-8(14)11(18)19/h7-8H,1-5,12H2,(H,13,20)(H,16,17)(H,18,19)/t7-,8+/m1/s1. The first kappa shape index (κ1) is 16.5. The smallest absolute Gasteiger partial charge is 0.322 e. The Labute approximate surface area is 120 Å². The van der Waals surface area contributed by atoms with Crippen LogP contribution in [-0.2, 0) is 14.4 Å². The van der Waals surface area contributed by atoms with E-state index in [0.717, 1.165) is 0 Å². The number of rotatable bonds is 6. The molecule has 0 saturated carbocycles. The number of carbonyl (C=O) groups is 3. The number of hydrogen-bond acceptors (Lipinski definition) is 6. The molecule has 0 bridgehead atoms. The molecule has 0 aromatic rings. The lowest BCUT2D eigenvalue weighted by molar-refractivity contribution is -0.146. The zero-order chi connectivity index (χ0) is 15.3. The van der Waals surface area contributed by atoms with Crippen molar-refractivity contribution in [3.63, 3.8) is 0 Å². The molecule has 8 nitrogen and oxygen atoms in total. The fourth-order valence-corrected chi connectivity index (χ4v) is 2.14. The van der Waals surface area contributed by atoms with E-state index in [1.807, 2.05) is 0 Å². The summed E-state index contributed by atoms with van der Waals surface area (Å²) in [5.41, 5.74) is 5.80. The number of carboxylic acids is 2. The van der Waals surface area contributed by atoms with Crippen LogP contribution >= 0.6 is 12.2 Å². The number of nitrogens with zero attached hydrogens (tertiary/aromatic N) is 1. The predicted molar refractivity (Wildman–Crippen MR) is 73.4 cm³/mol. The molecule has 0 amide bonds. The van der Waals surface area contributed by atoms with Crippen molar-refractivity contribution in [1.29, 1.82) is 0 Å². The number of thiocarbonyl (C=S) groups is 1. The number of piperidine rings is 1. The summed E-state index contributed by atoms with van der Waals surface area (Å²) in [7, 11) is 0. The molecule has 0 aliphatic carbocycles. The number of aliphatic carboxylic acids is 2. The molecule has 0 radical (unpaired) electrons. The molecule has 1 heterocycles. The Bertz CT molecular complexity index is 428. The number of nitrogens with two attached hydrogens (primary N) is 1. The van der Waals surface area contributed by atoms with Crippen LogP contribution < -0.4 is 11.1 Å². The van der Waals surface area contributed by atoms with Crippen LogP contribution in [0.4, 0.5) is 0 Å². The third-order valence-corrected chi connectivity index (χ3v) is 3.43. The van der Waals surface area contributed by atoms with E-state index in [1.54, 1.807) is 0 Å². The van der Waals surface area contributed by atoms with Gasteiger partial charge in [0.05, 0.1) is 17.6 Å². The fourth-order valence-electron chi connectivity index (χ4n) is 2.00. The Hall–Kier alpha value is -1.58. The molecule has 0 aromatic carbocycles. The van der Waals surface area contributed by atoms with Gasteiger partial charge in [0.2, 0.25) is 0 Å². The number of ketones is 1. The van der Waals surface area contributed by atoms with Crippen molar-refractivity contribution in [2.75, 3.05) is 19.6 Å². The monoisotopic (exact) mass is 303 g/mol. The van der Waals surface area contributed by atoms with Gasteiger partial charge in [-0.2, -0.15) is 0 Å². The molecule has 5 N–H and O–H groups in total. The van der Waals surface area contributed by atoms with Crippen LogP contribution in [0.15, 0.2) is 0 Å². The van der Waals surface area contributed by atoms with E-state index in [9.17, 15) is 14.4 Å². The molecule has 1 aliphatic rings. The minimum absolute atomic E-state index is 0.0201. The van der Waals surface area contributed by atoms with Gasteiger partial charge < -0.3 is 21.3 Å². The first-order valence-corrected chi connectivity index (χ1v) is 6.45. The molecule has 1 fully saturated rings. The van der Waals surface area contributed by atoms with Gasteiger partial charge >= 0.3 is 11.9 Å². The second kappa shape index (κ2) is 7.27. The molecule has 1 saturated heterocycles. The average Bonchev–Trinajstić information content (AvgIpc) is 2.35. The van der Waals surface area contributed by atoms with Crippen molar-refractivity contribution in [3.8, 4) is 0 Å². The van der Waals surface area contributed by atoms with Gasteiger partial charge in [0.15, 0.2) is 0 Å². The largest absolute Gasteiger partial charge is 0.480 e. The summed E-state index contributed by atoms with van der Waals surface area (Å²) in [6.07, 6.45) is 0.487. The normalized spacial score (nSPS) is 21.2. The van der Waals surface area contributed by atoms with E-state index in [-0.39, 0.29) is 43.2 Å². The van der Waals surface area contributed by atoms with Gasteiger partial charge in [0.25, 0.3) is 0 Å². The molecule has 0 spiro atoms. The van der Waals surface area contributed by atoms with Crippen LogP contribution in [0.5, 0.6) is 0 Å². The van der Waals surface area contributed by atoms with Gasteiger partial charge in [0, 0.05) is 13.0 Å². The summed E-state index contributed by atoms with van der Waals surface area (Å²) in [6, 6.07) is -1.49. The van der Waals surface area contributed by atoms with Crippen molar-refractivity contribution < 1.29 is 24.6 Å². The summed E-state index contributed by atoms with van der Waals surface area (Å²) in [5, 5.41) is 20.1. The Morgan fingerprint density at radius 2 is 2.15 bits per heavy atom. The third kappa shape index (κ3) is 4.83. The number of carboxylic acid groups (broad SMARTS) is 2. The van der Waals surface area contributed by atoms with Crippen LogP contribution in [-0.4, -0.2) is 69.5 Å². The lowest BCUT2D eigenvalue weighted by Crippen LogP contribution is -2.55. The highest BCUT2D eigenvalue weighted by Crippen LogP contribution is 2.15. The molecular weight excluding hydrogens is 286 g/mol. The van der Waals surface area contributed by atoms with Gasteiger partial charge in [-0.05, 0) is 6.42 Å². The van der Waals surface area contributed by atoms with Crippen LogP contribution in [0, 0.1) is 0 Å². The fraction of sp³-hybridized carbons (Fsp3) is 0.636. The molecule has 20 heavy (non-hydrogen) atoms. The maximum Gasteiger partial charge on any atom is 0.322 e. The van der Waals surface area contributed by atoms with Gasteiger partial charge in [-0.25, -0.2) is 0 Å². The Morgan fingerprint density at radius 1 is 1.50 bits per heavy atom. The number of nitrogens with one attached hydrogen (secondary N) is 1. The highest BCUT2D eigenvalue weighted by atomic mass is 32.1. The lowest BCUT2D eigenvalue weighted by atomic mass is 10.0. The van der Waals surface area contributed by atoms with E-state index in [4.69, 9.17) is 28.2 Å². The number of hydrogen-bond donors (Lipinski definition) is 4. The zero-order valence-corrected chi connectivity index (χ0v) is 11.6. The topological polar surface area (TPSA) is 133 Å². The molecule has 9 heteroatoms. The highest BCUT2D eigenvalue weighted by Gasteiger charge is 2.33. The van der Waals surface area contributed by atoms with Crippen LogP contribution in [0.3, 0.4) is 0 Å². The summed E-state index contributed by atoms with van der Waals surface area (Å²) < 4.78 is 0. The van der Waals surface area contributed by atoms with Crippen LogP contribution in [0.2, 0.25) is 0 Å². The SMILES string of the molecule is N[C@H](CN1CC(=O)CC[C@H]1C(=O)O)C(=S)NCC(=O)O.